The summed E-state index contributed by atoms with van der Waals surface area (Å²) < 4.78 is 7.68. The van der Waals surface area contributed by atoms with E-state index in [0.717, 1.165) is 54.3 Å². The Bertz CT molecular complexity index is 883. The Kier molecular flexibility index (Phi) is 4.67. The molecule has 6 heteroatoms. The lowest BCUT2D eigenvalue weighted by Gasteiger charge is -2.12. The average Bonchev–Trinajstić information content (AvgIpc) is 3.34. The van der Waals surface area contributed by atoms with Crippen LogP contribution in [0.3, 0.4) is 0 Å². The number of aromatic nitrogens is 4. The van der Waals surface area contributed by atoms with E-state index in [1.54, 1.807) is 6.33 Å². The summed E-state index contributed by atoms with van der Waals surface area (Å²) in [5.74, 6) is 0.890. The van der Waals surface area contributed by atoms with Gasteiger partial charge in [0.05, 0.1) is 24.0 Å². The lowest BCUT2D eigenvalue weighted by molar-refractivity contribution is 0.0940. The van der Waals surface area contributed by atoms with Crippen LogP contribution in [0.2, 0.25) is 0 Å². The Morgan fingerprint density at radius 3 is 2.73 bits per heavy atom. The highest BCUT2D eigenvalue weighted by molar-refractivity contribution is 5.70. The van der Waals surface area contributed by atoms with Crippen LogP contribution in [-0.2, 0) is 11.3 Å². The molecular formula is C20H23N5O. The van der Waals surface area contributed by atoms with Crippen LogP contribution >= 0.6 is 0 Å². The molecule has 0 bridgehead atoms. The summed E-state index contributed by atoms with van der Waals surface area (Å²) in [5.41, 5.74) is 4.01. The van der Waals surface area contributed by atoms with Crippen LogP contribution in [-0.4, -0.2) is 46.6 Å². The Balaban J connectivity index is 1.58. The molecular weight excluding hydrogens is 326 g/mol. The monoisotopic (exact) mass is 349 g/mol. The molecule has 1 saturated heterocycles. The Labute approximate surface area is 153 Å². The smallest absolute Gasteiger partial charge is 0.132 e. The number of anilines is 1. The molecule has 1 atom stereocenters. The predicted molar refractivity (Wildman–Crippen MR) is 102 cm³/mol. The minimum atomic E-state index is 0.291. The third kappa shape index (κ3) is 3.60. The van der Waals surface area contributed by atoms with Gasteiger partial charge in [-0.2, -0.15) is 5.10 Å². The molecule has 1 aliphatic rings. The number of benzene rings is 1. The van der Waals surface area contributed by atoms with E-state index in [9.17, 15) is 0 Å². The summed E-state index contributed by atoms with van der Waals surface area (Å²) >= 11 is 0. The van der Waals surface area contributed by atoms with E-state index in [0.29, 0.717) is 6.10 Å². The minimum Gasteiger partial charge on any atom is -0.376 e. The zero-order valence-corrected chi connectivity index (χ0v) is 15.2. The van der Waals surface area contributed by atoms with Gasteiger partial charge in [0.2, 0.25) is 0 Å². The normalized spacial score (nSPS) is 16.8. The van der Waals surface area contributed by atoms with Crippen LogP contribution in [0.4, 0.5) is 5.82 Å². The summed E-state index contributed by atoms with van der Waals surface area (Å²) in [7, 11) is 3.95. The molecule has 3 aromatic rings. The van der Waals surface area contributed by atoms with E-state index in [1.807, 2.05) is 42.0 Å². The predicted octanol–water partition coefficient (Wildman–Crippen LogP) is 3.25. The molecule has 3 heterocycles. The van der Waals surface area contributed by atoms with Crippen LogP contribution in [0.1, 0.15) is 12.8 Å². The highest BCUT2D eigenvalue weighted by Gasteiger charge is 2.16. The maximum atomic E-state index is 5.70. The van der Waals surface area contributed by atoms with Crippen molar-refractivity contribution in [1.82, 2.24) is 19.7 Å². The SMILES string of the molecule is CN(C)c1cc(-c2cccc(-c3ccn(C[C@@H]4CCCO4)n3)c2)ncn1. The third-order valence-electron chi connectivity index (χ3n) is 4.62. The van der Waals surface area contributed by atoms with E-state index in [4.69, 9.17) is 9.84 Å². The first-order valence-corrected chi connectivity index (χ1v) is 8.94. The number of nitrogens with zero attached hydrogens (tertiary/aromatic N) is 5. The Hall–Kier alpha value is -2.73. The molecule has 1 fully saturated rings. The zero-order valence-electron chi connectivity index (χ0n) is 15.2. The van der Waals surface area contributed by atoms with Crippen LogP contribution in [0, 0.1) is 0 Å². The van der Waals surface area contributed by atoms with Gasteiger partial charge in [-0.15, -0.1) is 0 Å². The van der Waals surface area contributed by atoms with Gasteiger partial charge in [0.1, 0.15) is 12.1 Å². The van der Waals surface area contributed by atoms with Crippen molar-refractivity contribution in [3.05, 3.63) is 48.9 Å². The number of rotatable bonds is 5. The first-order chi connectivity index (χ1) is 12.7. The number of hydrogen-bond acceptors (Lipinski definition) is 5. The fourth-order valence-corrected chi connectivity index (χ4v) is 3.20. The second-order valence-electron chi connectivity index (χ2n) is 6.79. The van der Waals surface area contributed by atoms with Crippen LogP contribution in [0.25, 0.3) is 22.5 Å². The van der Waals surface area contributed by atoms with E-state index in [1.165, 1.54) is 0 Å². The summed E-state index contributed by atoms with van der Waals surface area (Å²) in [6.45, 7) is 1.69. The second-order valence-corrected chi connectivity index (χ2v) is 6.79. The van der Waals surface area contributed by atoms with Crippen molar-refractivity contribution in [2.24, 2.45) is 0 Å². The van der Waals surface area contributed by atoms with Crippen LogP contribution in [0.15, 0.2) is 48.9 Å². The Morgan fingerprint density at radius 2 is 1.96 bits per heavy atom. The van der Waals surface area contributed by atoms with E-state index in [-0.39, 0.29) is 0 Å². The van der Waals surface area contributed by atoms with Gasteiger partial charge in [-0.25, -0.2) is 9.97 Å². The van der Waals surface area contributed by atoms with Crippen molar-refractivity contribution in [2.75, 3.05) is 25.6 Å². The highest BCUT2D eigenvalue weighted by atomic mass is 16.5. The average molecular weight is 349 g/mol. The van der Waals surface area contributed by atoms with Crippen molar-refractivity contribution in [1.29, 1.82) is 0 Å². The number of ether oxygens (including phenoxy) is 1. The van der Waals surface area contributed by atoms with Gasteiger partial charge in [0.25, 0.3) is 0 Å². The van der Waals surface area contributed by atoms with E-state index < -0.39 is 0 Å². The van der Waals surface area contributed by atoms with Gasteiger partial charge in [-0.3, -0.25) is 4.68 Å². The summed E-state index contributed by atoms with van der Waals surface area (Å²) in [4.78, 5) is 10.7. The molecule has 0 N–H and O–H groups in total. The van der Waals surface area contributed by atoms with Crippen molar-refractivity contribution >= 4 is 5.82 Å². The first-order valence-electron chi connectivity index (χ1n) is 8.94. The topological polar surface area (TPSA) is 56.1 Å². The molecule has 4 rings (SSSR count). The van der Waals surface area contributed by atoms with Crippen LogP contribution in [0.5, 0.6) is 0 Å². The van der Waals surface area contributed by atoms with Crippen molar-refractivity contribution in [2.45, 2.75) is 25.5 Å². The molecule has 26 heavy (non-hydrogen) atoms. The maximum absolute atomic E-state index is 5.70. The molecule has 2 aromatic heterocycles. The zero-order chi connectivity index (χ0) is 17.9. The number of hydrogen-bond donors (Lipinski definition) is 0. The van der Waals surface area contributed by atoms with Crippen LogP contribution < -0.4 is 4.90 Å². The van der Waals surface area contributed by atoms with Crippen molar-refractivity contribution in [3.8, 4) is 22.5 Å². The van der Waals surface area contributed by atoms with Gasteiger partial charge < -0.3 is 9.64 Å². The largest absolute Gasteiger partial charge is 0.376 e. The fourth-order valence-electron chi connectivity index (χ4n) is 3.20. The third-order valence-corrected chi connectivity index (χ3v) is 4.62. The highest BCUT2D eigenvalue weighted by Crippen LogP contribution is 2.25. The van der Waals surface area contributed by atoms with E-state index >= 15 is 0 Å². The molecule has 0 aliphatic carbocycles. The van der Waals surface area contributed by atoms with Gasteiger partial charge >= 0.3 is 0 Å². The standard InChI is InChI=1S/C20H23N5O/c1-24(2)20-12-19(21-14-22-20)16-6-3-5-15(11-16)18-8-9-25(23-18)13-17-7-4-10-26-17/h3,5-6,8-9,11-12,14,17H,4,7,10,13H2,1-2H3/t17-/m0/s1. The summed E-state index contributed by atoms with van der Waals surface area (Å²) in [6, 6.07) is 12.4. The lowest BCUT2D eigenvalue weighted by Crippen LogP contribution is -2.15. The van der Waals surface area contributed by atoms with Gasteiger partial charge in [-0.05, 0) is 25.0 Å². The summed E-state index contributed by atoms with van der Waals surface area (Å²) in [6.07, 6.45) is 6.19. The van der Waals surface area contributed by atoms with Crippen molar-refractivity contribution in [3.63, 3.8) is 0 Å². The van der Waals surface area contributed by atoms with Gasteiger partial charge in [-0.1, -0.05) is 18.2 Å². The molecule has 1 aliphatic heterocycles. The molecule has 0 unspecified atom stereocenters. The minimum absolute atomic E-state index is 0.291. The molecule has 134 valence electrons. The molecule has 1 aromatic carbocycles. The molecule has 0 radical (unpaired) electrons. The molecule has 6 nitrogen and oxygen atoms in total. The molecule has 0 saturated carbocycles. The first kappa shape index (κ1) is 16.7. The fraction of sp³-hybridized carbons (Fsp3) is 0.350. The van der Waals surface area contributed by atoms with Crippen molar-refractivity contribution < 1.29 is 4.74 Å². The Morgan fingerprint density at radius 1 is 1.12 bits per heavy atom. The molecule has 0 amide bonds. The second kappa shape index (κ2) is 7.25. The van der Waals surface area contributed by atoms with Gasteiger partial charge in [0, 0.05) is 44.1 Å². The quantitative estimate of drug-likeness (QED) is 0.708. The van der Waals surface area contributed by atoms with Gasteiger partial charge in [0.15, 0.2) is 0 Å². The van der Waals surface area contributed by atoms with E-state index in [2.05, 4.69) is 34.2 Å². The summed E-state index contributed by atoms with van der Waals surface area (Å²) in [5, 5.41) is 4.72. The lowest BCUT2D eigenvalue weighted by atomic mass is 10.1. The maximum Gasteiger partial charge on any atom is 0.132 e. The molecule has 0 spiro atoms.